The Bertz CT molecular complexity index is 1230. The van der Waals surface area contributed by atoms with Crippen molar-refractivity contribution in [1.82, 2.24) is 10.2 Å². The van der Waals surface area contributed by atoms with E-state index in [1.165, 1.54) is 12.1 Å². The molecule has 0 radical (unpaired) electrons. The molecule has 1 saturated heterocycles. The Labute approximate surface area is 187 Å². The molecule has 12 heteroatoms. The van der Waals surface area contributed by atoms with Crippen molar-refractivity contribution in [3.63, 3.8) is 0 Å². The van der Waals surface area contributed by atoms with E-state index in [4.69, 9.17) is 4.74 Å². The van der Waals surface area contributed by atoms with Gasteiger partial charge in [0.05, 0.1) is 29.4 Å². The number of alkyl halides is 3. The zero-order valence-corrected chi connectivity index (χ0v) is 17.8. The molecule has 1 aliphatic rings. The maximum Gasteiger partial charge on any atom is 0.419 e. The highest BCUT2D eigenvalue weighted by Gasteiger charge is 2.34. The molecule has 4 rings (SSSR count). The van der Waals surface area contributed by atoms with Crippen molar-refractivity contribution in [2.45, 2.75) is 11.1 Å². The van der Waals surface area contributed by atoms with E-state index < -0.39 is 32.5 Å². The summed E-state index contributed by atoms with van der Waals surface area (Å²) in [4.78, 5) is 1.43. The SMILES string of the molecule is O=S(=O)(Nc1ccc(-c2ccc(N3CCOCC3)nn2)cc1)c1ccc(C(F)(F)F)c(F)c1. The molecular weight excluding hydrogens is 464 g/mol. The van der Waals surface area contributed by atoms with E-state index in [2.05, 4.69) is 19.8 Å². The number of hydrogen-bond donors (Lipinski definition) is 1. The molecular formula is C21H18F4N4O3S. The van der Waals surface area contributed by atoms with E-state index in [9.17, 15) is 26.0 Å². The summed E-state index contributed by atoms with van der Waals surface area (Å²) in [5, 5.41) is 8.44. The zero-order valence-electron chi connectivity index (χ0n) is 17.0. The molecule has 1 aliphatic heterocycles. The largest absolute Gasteiger partial charge is 0.419 e. The van der Waals surface area contributed by atoms with Crippen LogP contribution in [0.1, 0.15) is 5.56 Å². The summed E-state index contributed by atoms with van der Waals surface area (Å²) in [6, 6.07) is 11.2. The summed E-state index contributed by atoms with van der Waals surface area (Å²) in [6.07, 6.45) is -4.92. The highest BCUT2D eigenvalue weighted by Crippen LogP contribution is 2.32. The van der Waals surface area contributed by atoms with Crippen LogP contribution in [0.4, 0.5) is 29.1 Å². The Balaban J connectivity index is 1.47. The number of anilines is 2. The van der Waals surface area contributed by atoms with Crippen LogP contribution in [-0.2, 0) is 20.9 Å². The lowest BCUT2D eigenvalue weighted by Gasteiger charge is -2.27. The van der Waals surface area contributed by atoms with Crippen molar-refractivity contribution < 1.29 is 30.7 Å². The van der Waals surface area contributed by atoms with Crippen molar-refractivity contribution in [1.29, 1.82) is 0 Å². The van der Waals surface area contributed by atoms with Crippen LogP contribution >= 0.6 is 0 Å². The number of rotatable bonds is 5. The van der Waals surface area contributed by atoms with Crippen LogP contribution in [0.25, 0.3) is 11.3 Å². The van der Waals surface area contributed by atoms with E-state index >= 15 is 0 Å². The molecule has 0 unspecified atom stereocenters. The Kier molecular flexibility index (Phi) is 6.21. The van der Waals surface area contributed by atoms with Crippen LogP contribution < -0.4 is 9.62 Å². The van der Waals surface area contributed by atoms with Crippen molar-refractivity contribution >= 4 is 21.5 Å². The number of sulfonamides is 1. The third kappa shape index (κ3) is 5.22. The lowest BCUT2D eigenvalue weighted by atomic mass is 10.1. The van der Waals surface area contributed by atoms with Gasteiger partial charge in [-0.15, -0.1) is 10.2 Å². The lowest BCUT2D eigenvalue weighted by Crippen LogP contribution is -2.36. The lowest BCUT2D eigenvalue weighted by molar-refractivity contribution is -0.140. The second kappa shape index (κ2) is 8.94. The van der Waals surface area contributed by atoms with Gasteiger partial charge in [-0.05, 0) is 42.5 Å². The number of nitrogens with zero attached hydrogens (tertiary/aromatic N) is 3. The average molecular weight is 482 g/mol. The second-order valence-electron chi connectivity index (χ2n) is 7.20. The predicted octanol–water partition coefficient (Wildman–Crippen LogP) is 3.94. The summed E-state index contributed by atoms with van der Waals surface area (Å²) in [5.74, 6) is -0.935. The molecule has 1 aromatic heterocycles. The first kappa shape index (κ1) is 22.9. The van der Waals surface area contributed by atoms with Gasteiger partial charge in [-0.2, -0.15) is 13.2 Å². The molecule has 174 valence electrons. The Morgan fingerprint density at radius 2 is 1.64 bits per heavy atom. The van der Waals surface area contributed by atoms with Crippen molar-refractivity contribution in [2.75, 3.05) is 35.9 Å². The Morgan fingerprint density at radius 1 is 0.939 bits per heavy atom. The maximum atomic E-state index is 13.8. The third-order valence-electron chi connectivity index (χ3n) is 4.97. The van der Waals surface area contributed by atoms with Crippen molar-refractivity contribution in [3.8, 4) is 11.3 Å². The fraction of sp³-hybridized carbons (Fsp3) is 0.238. The van der Waals surface area contributed by atoms with Crippen LogP contribution in [-0.4, -0.2) is 44.9 Å². The first-order valence-corrected chi connectivity index (χ1v) is 11.3. The number of nitrogens with one attached hydrogen (secondary N) is 1. The fourth-order valence-electron chi connectivity index (χ4n) is 3.26. The number of aromatic nitrogens is 2. The molecule has 0 atom stereocenters. The first-order valence-electron chi connectivity index (χ1n) is 9.80. The molecule has 1 N–H and O–H groups in total. The van der Waals surface area contributed by atoms with Crippen LogP contribution in [0.3, 0.4) is 0 Å². The number of hydrogen-bond acceptors (Lipinski definition) is 6. The molecule has 33 heavy (non-hydrogen) atoms. The van der Waals surface area contributed by atoms with Crippen LogP contribution in [0.5, 0.6) is 0 Å². The van der Waals surface area contributed by atoms with Gasteiger partial charge in [0.1, 0.15) is 5.82 Å². The summed E-state index contributed by atoms with van der Waals surface area (Å²) in [5.41, 5.74) is -0.130. The van der Waals surface area contributed by atoms with Gasteiger partial charge in [0.25, 0.3) is 10.0 Å². The summed E-state index contributed by atoms with van der Waals surface area (Å²) < 4.78 is 84.3. The Hall–Kier alpha value is -3.25. The molecule has 2 heterocycles. The van der Waals surface area contributed by atoms with Crippen LogP contribution in [0, 0.1) is 5.82 Å². The minimum absolute atomic E-state index is 0.150. The van der Waals surface area contributed by atoms with Gasteiger partial charge in [0, 0.05) is 24.3 Å². The summed E-state index contributed by atoms with van der Waals surface area (Å²) >= 11 is 0. The molecule has 2 aromatic carbocycles. The molecule has 7 nitrogen and oxygen atoms in total. The molecule has 0 bridgehead atoms. The van der Waals surface area contributed by atoms with Crippen LogP contribution in [0.2, 0.25) is 0 Å². The van der Waals surface area contributed by atoms with Gasteiger partial charge in [-0.3, -0.25) is 4.72 Å². The Morgan fingerprint density at radius 3 is 2.21 bits per heavy atom. The molecule has 0 aliphatic carbocycles. The fourth-order valence-corrected chi connectivity index (χ4v) is 4.33. The minimum Gasteiger partial charge on any atom is -0.378 e. The monoisotopic (exact) mass is 482 g/mol. The molecule has 0 saturated carbocycles. The van der Waals surface area contributed by atoms with Gasteiger partial charge in [-0.25, -0.2) is 12.8 Å². The second-order valence-corrected chi connectivity index (χ2v) is 8.88. The zero-order chi connectivity index (χ0) is 23.6. The molecule has 0 spiro atoms. The van der Waals surface area contributed by atoms with E-state index in [1.807, 2.05) is 6.07 Å². The highest BCUT2D eigenvalue weighted by atomic mass is 32.2. The van der Waals surface area contributed by atoms with E-state index in [-0.39, 0.29) is 5.69 Å². The first-order chi connectivity index (χ1) is 15.6. The highest BCUT2D eigenvalue weighted by molar-refractivity contribution is 7.92. The average Bonchev–Trinajstić information content (AvgIpc) is 2.79. The number of benzene rings is 2. The molecule has 3 aromatic rings. The third-order valence-corrected chi connectivity index (χ3v) is 6.35. The summed E-state index contributed by atoms with van der Waals surface area (Å²) in [6.45, 7) is 2.71. The number of ether oxygens (including phenoxy) is 1. The topological polar surface area (TPSA) is 84.4 Å². The van der Waals surface area contributed by atoms with E-state index in [0.29, 0.717) is 42.7 Å². The van der Waals surface area contributed by atoms with Gasteiger partial charge in [0.15, 0.2) is 5.82 Å². The van der Waals surface area contributed by atoms with Gasteiger partial charge in [-0.1, -0.05) is 12.1 Å². The maximum absolute atomic E-state index is 13.8. The van der Waals surface area contributed by atoms with Gasteiger partial charge >= 0.3 is 6.18 Å². The normalized spacial score (nSPS) is 14.8. The van der Waals surface area contributed by atoms with E-state index in [1.54, 1.807) is 18.2 Å². The van der Waals surface area contributed by atoms with Gasteiger partial charge in [0.2, 0.25) is 0 Å². The quantitative estimate of drug-likeness (QED) is 0.555. The number of halogens is 4. The predicted molar refractivity (Wildman–Crippen MR) is 113 cm³/mol. The van der Waals surface area contributed by atoms with Gasteiger partial charge < -0.3 is 9.64 Å². The van der Waals surface area contributed by atoms with Crippen LogP contribution in [0.15, 0.2) is 59.5 Å². The minimum atomic E-state index is -4.92. The van der Waals surface area contributed by atoms with Crippen molar-refractivity contribution in [3.05, 3.63) is 66.0 Å². The number of morpholine rings is 1. The smallest absolute Gasteiger partial charge is 0.378 e. The molecule has 0 amide bonds. The van der Waals surface area contributed by atoms with Crippen molar-refractivity contribution in [2.24, 2.45) is 0 Å². The standard InChI is InChI=1S/C21H18F4N4O3S/c22-18-13-16(5-6-17(18)21(23,24)25)33(30,31)28-15-3-1-14(2-4-15)19-7-8-20(27-26-19)29-9-11-32-12-10-29/h1-8,13,28H,9-12H2. The molecule has 1 fully saturated rings. The summed E-state index contributed by atoms with van der Waals surface area (Å²) in [7, 11) is -4.29. The van der Waals surface area contributed by atoms with E-state index in [0.717, 1.165) is 18.9 Å².